The summed E-state index contributed by atoms with van der Waals surface area (Å²) in [5.41, 5.74) is 4.26. The van der Waals surface area contributed by atoms with Crippen molar-refractivity contribution in [3.63, 3.8) is 0 Å². The van der Waals surface area contributed by atoms with Gasteiger partial charge in [-0.1, -0.05) is 25.5 Å². The van der Waals surface area contributed by atoms with Gasteiger partial charge in [-0.3, -0.25) is 10.1 Å². The van der Waals surface area contributed by atoms with Crippen molar-refractivity contribution in [3.05, 3.63) is 65.3 Å². The highest BCUT2D eigenvalue weighted by Crippen LogP contribution is 2.28. The second kappa shape index (κ2) is 13.5. The van der Waals surface area contributed by atoms with Gasteiger partial charge in [-0.15, -0.1) is 0 Å². The van der Waals surface area contributed by atoms with E-state index in [0.29, 0.717) is 23.8 Å². The molecule has 198 valence electrons. The van der Waals surface area contributed by atoms with E-state index in [-0.39, 0.29) is 5.78 Å². The van der Waals surface area contributed by atoms with Crippen molar-refractivity contribution in [2.24, 2.45) is 0 Å². The molecule has 0 bridgehead atoms. The van der Waals surface area contributed by atoms with Crippen molar-refractivity contribution >= 4 is 23.5 Å². The van der Waals surface area contributed by atoms with E-state index >= 15 is 0 Å². The summed E-state index contributed by atoms with van der Waals surface area (Å²) in [6.45, 7) is 15.4. The third kappa shape index (κ3) is 8.97. The fourth-order valence-corrected chi connectivity index (χ4v) is 3.51. The molecule has 0 unspecified atom stereocenters. The van der Waals surface area contributed by atoms with E-state index in [1.54, 1.807) is 33.0 Å². The van der Waals surface area contributed by atoms with Gasteiger partial charge in [0.2, 0.25) is 0 Å². The molecule has 1 amide bonds. The lowest BCUT2D eigenvalue weighted by molar-refractivity contribution is -0.115. The molecule has 0 fully saturated rings. The molecule has 0 aromatic carbocycles. The first-order chi connectivity index (χ1) is 17.5. The van der Waals surface area contributed by atoms with E-state index in [2.05, 4.69) is 32.5 Å². The summed E-state index contributed by atoms with van der Waals surface area (Å²) in [5, 5.41) is 6.04. The van der Waals surface area contributed by atoms with E-state index in [1.165, 1.54) is 6.33 Å². The Morgan fingerprint density at radius 2 is 1.81 bits per heavy atom. The molecule has 2 N–H and O–H groups in total. The Labute approximate surface area is 220 Å². The minimum absolute atomic E-state index is 0.154. The van der Waals surface area contributed by atoms with Gasteiger partial charge in [-0.05, 0) is 78.2 Å². The highest BCUT2D eigenvalue weighted by molar-refractivity contribution is 5.99. The van der Waals surface area contributed by atoms with Crippen LogP contribution in [0.25, 0.3) is 11.3 Å². The molecule has 0 radical (unpaired) electrons. The number of ketones is 1. The SMILES string of the molecule is C\C=C(Nc1ncccc1-c1cc(NC(=O)OC(C)(C)C)ncn1)/C(C)=C\C(C(=O)CCC)=C(/C)CC. The predicted octanol–water partition coefficient (Wildman–Crippen LogP) is 7.24. The Hall–Kier alpha value is -3.81. The van der Waals surface area contributed by atoms with Crippen LogP contribution in [0.15, 0.2) is 65.3 Å². The van der Waals surface area contributed by atoms with E-state index in [0.717, 1.165) is 40.8 Å². The highest BCUT2D eigenvalue weighted by Gasteiger charge is 2.18. The van der Waals surface area contributed by atoms with Gasteiger partial charge in [0.1, 0.15) is 23.6 Å². The molecular formula is C29H39N5O3. The largest absolute Gasteiger partial charge is 0.444 e. The standard InChI is InChI=1S/C29H39N5O3/c1-9-13-25(35)22(19(4)10-2)16-20(5)23(11-3)33-27-21(14-12-15-30-27)24-17-26(32-18-31-24)34-28(36)37-29(6,7)8/h11-12,14-18H,9-10,13H2,1-8H3,(H,30,33)(H,31,32,34,36)/b20-16-,22-19-,23-11+. The number of aromatic nitrogens is 3. The molecule has 2 rings (SSSR count). The maximum absolute atomic E-state index is 12.8. The number of carbonyl (C=O) groups is 2. The van der Waals surface area contributed by atoms with Crippen molar-refractivity contribution in [2.45, 2.75) is 80.3 Å². The predicted molar refractivity (Wildman–Crippen MR) is 149 cm³/mol. The zero-order chi connectivity index (χ0) is 27.6. The molecular weight excluding hydrogens is 466 g/mol. The van der Waals surface area contributed by atoms with Gasteiger partial charge >= 0.3 is 6.09 Å². The minimum Gasteiger partial charge on any atom is -0.444 e. The third-order valence-electron chi connectivity index (χ3n) is 5.47. The van der Waals surface area contributed by atoms with Crippen molar-refractivity contribution in [1.82, 2.24) is 15.0 Å². The first-order valence-electron chi connectivity index (χ1n) is 12.6. The lowest BCUT2D eigenvalue weighted by Crippen LogP contribution is -2.27. The summed E-state index contributed by atoms with van der Waals surface area (Å²) >= 11 is 0. The lowest BCUT2D eigenvalue weighted by atomic mass is 9.97. The van der Waals surface area contributed by atoms with Crippen molar-refractivity contribution < 1.29 is 14.3 Å². The van der Waals surface area contributed by atoms with Crippen molar-refractivity contribution in [2.75, 3.05) is 10.6 Å². The van der Waals surface area contributed by atoms with Crippen LogP contribution in [0.4, 0.5) is 16.4 Å². The van der Waals surface area contributed by atoms with Crippen LogP contribution in [0, 0.1) is 0 Å². The number of rotatable bonds is 10. The average molecular weight is 506 g/mol. The van der Waals surface area contributed by atoms with E-state index in [4.69, 9.17) is 4.74 Å². The van der Waals surface area contributed by atoms with Crippen LogP contribution in [0.2, 0.25) is 0 Å². The van der Waals surface area contributed by atoms with E-state index < -0.39 is 11.7 Å². The number of anilines is 2. The number of nitrogens with zero attached hydrogens (tertiary/aromatic N) is 3. The number of hydrogen-bond acceptors (Lipinski definition) is 7. The van der Waals surface area contributed by atoms with Crippen LogP contribution in [0.5, 0.6) is 0 Å². The van der Waals surface area contributed by atoms with Crippen LogP contribution in [0.1, 0.15) is 74.7 Å². The monoisotopic (exact) mass is 505 g/mol. The topological polar surface area (TPSA) is 106 Å². The smallest absolute Gasteiger partial charge is 0.413 e. The first kappa shape index (κ1) is 29.4. The van der Waals surface area contributed by atoms with Crippen molar-refractivity contribution in [3.8, 4) is 11.3 Å². The van der Waals surface area contributed by atoms with Gasteiger partial charge in [0.15, 0.2) is 5.78 Å². The Bertz CT molecular complexity index is 1210. The molecule has 0 aliphatic carbocycles. The summed E-state index contributed by atoms with van der Waals surface area (Å²) < 4.78 is 5.32. The molecule has 8 heteroatoms. The molecule has 0 spiro atoms. The Morgan fingerprint density at radius 1 is 1.08 bits per heavy atom. The van der Waals surface area contributed by atoms with Crippen LogP contribution in [-0.2, 0) is 9.53 Å². The lowest BCUT2D eigenvalue weighted by Gasteiger charge is -2.19. The minimum atomic E-state index is -0.624. The van der Waals surface area contributed by atoms with E-state index in [9.17, 15) is 9.59 Å². The van der Waals surface area contributed by atoms with Crippen molar-refractivity contribution in [1.29, 1.82) is 0 Å². The Balaban J connectivity index is 2.37. The summed E-state index contributed by atoms with van der Waals surface area (Å²) in [6.07, 6.45) is 8.52. The summed E-state index contributed by atoms with van der Waals surface area (Å²) in [6, 6.07) is 5.37. The first-order valence-corrected chi connectivity index (χ1v) is 12.6. The molecule has 2 aromatic rings. The number of carbonyl (C=O) groups excluding carboxylic acids is 2. The summed E-state index contributed by atoms with van der Waals surface area (Å²) in [4.78, 5) is 38.0. The van der Waals surface area contributed by atoms with Crippen LogP contribution in [0.3, 0.4) is 0 Å². The normalized spacial score (nSPS) is 13.1. The second-order valence-electron chi connectivity index (χ2n) is 9.69. The summed E-state index contributed by atoms with van der Waals surface area (Å²) in [5.74, 6) is 1.06. The Kier molecular flexibility index (Phi) is 10.7. The quantitative estimate of drug-likeness (QED) is 0.259. The fraction of sp³-hybridized carbons (Fsp3) is 0.414. The number of nitrogens with one attached hydrogen (secondary N) is 2. The van der Waals surface area contributed by atoms with E-state index in [1.807, 2.05) is 52.0 Å². The molecule has 8 nitrogen and oxygen atoms in total. The van der Waals surface area contributed by atoms with Gasteiger partial charge in [-0.25, -0.2) is 19.7 Å². The molecule has 0 aliphatic rings. The second-order valence-corrected chi connectivity index (χ2v) is 9.69. The molecule has 2 heterocycles. The number of amides is 1. The molecule has 37 heavy (non-hydrogen) atoms. The zero-order valence-electron chi connectivity index (χ0n) is 23.2. The number of ether oxygens (including phenoxy) is 1. The molecule has 0 saturated carbocycles. The number of Topliss-reactive ketones (excluding diaryl/α,β-unsaturated/α-hetero) is 1. The maximum Gasteiger partial charge on any atom is 0.413 e. The maximum atomic E-state index is 12.8. The molecule has 2 aromatic heterocycles. The zero-order valence-corrected chi connectivity index (χ0v) is 23.2. The number of allylic oxidation sites excluding steroid dienone is 5. The van der Waals surface area contributed by atoms with Crippen LogP contribution in [-0.4, -0.2) is 32.4 Å². The third-order valence-corrected chi connectivity index (χ3v) is 5.47. The van der Waals surface area contributed by atoms with Crippen LogP contribution >= 0.6 is 0 Å². The van der Waals surface area contributed by atoms with Crippen LogP contribution < -0.4 is 10.6 Å². The van der Waals surface area contributed by atoms with Gasteiger partial charge < -0.3 is 10.1 Å². The molecule has 0 atom stereocenters. The van der Waals surface area contributed by atoms with Gasteiger partial charge in [0, 0.05) is 35.5 Å². The van der Waals surface area contributed by atoms with Gasteiger partial charge in [0.25, 0.3) is 0 Å². The van der Waals surface area contributed by atoms with Gasteiger partial charge in [0.05, 0.1) is 5.69 Å². The average Bonchev–Trinajstić information content (AvgIpc) is 2.84. The van der Waals surface area contributed by atoms with Gasteiger partial charge in [-0.2, -0.15) is 0 Å². The molecule has 0 aliphatic heterocycles. The number of pyridine rings is 1. The Morgan fingerprint density at radius 3 is 2.43 bits per heavy atom. The number of hydrogen-bond donors (Lipinski definition) is 2. The highest BCUT2D eigenvalue weighted by atomic mass is 16.6. The summed E-state index contributed by atoms with van der Waals surface area (Å²) in [7, 11) is 0. The fourth-order valence-electron chi connectivity index (χ4n) is 3.51. The molecule has 0 saturated heterocycles.